The number of piperidine rings is 1. The molecule has 1 atom stereocenters. The number of benzene rings is 1. The second-order valence-corrected chi connectivity index (χ2v) is 6.97. The first-order valence-corrected chi connectivity index (χ1v) is 8.31. The highest BCUT2D eigenvalue weighted by atomic mass is 35.5. The van der Waals surface area contributed by atoms with Gasteiger partial charge in [0.25, 0.3) is 0 Å². The number of para-hydroxylation sites is 1. The van der Waals surface area contributed by atoms with Crippen molar-refractivity contribution < 1.29 is 9.53 Å². The van der Waals surface area contributed by atoms with Gasteiger partial charge in [0, 0.05) is 19.5 Å². The molecule has 0 bridgehead atoms. The Bertz CT molecular complexity index is 542. The van der Waals surface area contributed by atoms with Crippen LogP contribution in [-0.2, 0) is 4.79 Å². The summed E-state index contributed by atoms with van der Waals surface area (Å²) in [6, 6.07) is 8.10. The highest BCUT2D eigenvalue weighted by molar-refractivity contribution is 5.85. The van der Waals surface area contributed by atoms with Crippen molar-refractivity contribution in [1.82, 2.24) is 4.90 Å². The van der Waals surface area contributed by atoms with E-state index in [1.165, 1.54) is 5.56 Å². The van der Waals surface area contributed by atoms with Gasteiger partial charge >= 0.3 is 0 Å². The molecular weight excluding hydrogens is 312 g/mol. The standard InChI is InChI=1S/C18H26N2O2.ClH/c1-18(13-19)7-9-20(10-8-18)17(21)12-14-6-11-22-16-5-3-2-4-15(14)16;/h2-5,14H,6-13,19H2,1H3;1H/t14-;/m1./s1. The SMILES string of the molecule is CC1(CN)CCN(C(=O)C[C@H]2CCOc3ccccc32)CC1.Cl. The monoisotopic (exact) mass is 338 g/mol. The number of carbonyl (C=O) groups is 1. The molecule has 128 valence electrons. The third-order valence-electron chi connectivity index (χ3n) is 5.32. The molecule has 2 aliphatic rings. The highest BCUT2D eigenvalue weighted by Crippen LogP contribution is 2.36. The number of hydrogen-bond donors (Lipinski definition) is 1. The summed E-state index contributed by atoms with van der Waals surface area (Å²) >= 11 is 0. The predicted octanol–water partition coefficient (Wildman–Crippen LogP) is 2.95. The fourth-order valence-electron chi connectivity index (χ4n) is 3.47. The highest BCUT2D eigenvalue weighted by Gasteiger charge is 2.32. The van der Waals surface area contributed by atoms with Gasteiger partial charge < -0.3 is 15.4 Å². The second-order valence-electron chi connectivity index (χ2n) is 6.97. The number of nitrogens with zero attached hydrogens (tertiary/aromatic N) is 1. The number of rotatable bonds is 3. The summed E-state index contributed by atoms with van der Waals surface area (Å²) in [7, 11) is 0. The smallest absolute Gasteiger partial charge is 0.223 e. The summed E-state index contributed by atoms with van der Waals surface area (Å²) in [6.07, 6.45) is 3.55. The zero-order valence-corrected chi connectivity index (χ0v) is 14.6. The molecule has 3 rings (SSSR count). The molecule has 1 fully saturated rings. The molecule has 0 radical (unpaired) electrons. The number of ether oxygens (including phenoxy) is 1. The lowest BCUT2D eigenvalue weighted by atomic mass is 9.80. The summed E-state index contributed by atoms with van der Waals surface area (Å²) < 4.78 is 5.68. The normalized spacial score (nSPS) is 22.5. The van der Waals surface area contributed by atoms with Crippen molar-refractivity contribution in [2.75, 3.05) is 26.2 Å². The summed E-state index contributed by atoms with van der Waals surface area (Å²) in [4.78, 5) is 14.7. The van der Waals surface area contributed by atoms with Crippen LogP contribution in [0, 0.1) is 5.41 Å². The largest absolute Gasteiger partial charge is 0.493 e. The molecule has 23 heavy (non-hydrogen) atoms. The van der Waals surface area contributed by atoms with E-state index >= 15 is 0 Å². The Hall–Kier alpha value is -1.26. The van der Waals surface area contributed by atoms with Crippen LogP contribution >= 0.6 is 12.4 Å². The van der Waals surface area contributed by atoms with Crippen LogP contribution in [0.15, 0.2) is 24.3 Å². The molecule has 2 aliphatic heterocycles. The molecule has 2 N–H and O–H groups in total. The predicted molar refractivity (Wildman–Crippen MR) is 94.1 cm³/mol. The second kappa shape index (κ2) is 7.54. The summed E-state index contributed by atoms with van der Waals surface area (Å²) in [6.45, 7) is 5.33. The van der Waals surface area contributed by atoms with Crippen molar-refractivity contribution >= 4 is 18.3 Å². The van der Waals surface area contributed by atoms with Gasteiger partial charge in [0.1, 0.15) is 5.75 Å². The summed E-state index contributed by atoms with van der Waals surface area (Å²) in [5, 5.41) is 0. The third kappa shape index (κ3) is 3.99. The van der Waals surface area contributed by atoms with E-state index in [0.717, 1.165) is 38.1 Å². The van der Waals surface area contributed by atoms with Crippen molar-refractivity contribution in [3.05, 3.63) is 29.8 Å². The van der Waals surface area contributed by atoms with Crippen LogP contribution in [0.25, 0.3) is 0 Å². The molecule has 0 unspecified atom stereocenters. The van der Waals surface area contributed by atoms with Crippen LogP contribution in [0.3, 0.4) is 0 Å². The number of hydrogen-bond acceptors (Lipinski definition) is 3. The Balaban J connectivity index is 0.00000192. The molecule has 0 spiro atoms. The average molecular weight is 339 g/mol. The van der Waals surface area contributed by atoms with E-state index < -0.39 is 0 Å². The van der Waals surface area contributed by atoms with Gasteiger partial charge in [-0.2, -0.15) is 0 Å². The van der Waals surface area contributed by atoms with Gasteiger partial charge in [-0.15, -0.1) is 12.4 Å². The topological polar surface area (TPSA) is 55.6 Å². The third-order valence-corrected chi connectivity index (χ3v) is 5.32. The zero-order chi connectivity index (χ0) is 15.6. The molecule has 2 heterocycles. The van der Waals surface area contributed by atoms with E-state index in [1.807, 2.05) is 23.1 Å². The number of carbonyl (C=O) groups excluding carboxylic acids is 1. The van der Waals surface area contributed by atoms with Crippen molar-refractivity contribution in [1.29, 1.82) is 0 Å². The van der Waals surface area contributed by atoms with E-state index in [0.29, 0.717) is 25.5 Å². The Labute approximate surface area is 144 Å². The lowest BCUT2D eigenvalue weighted by Gasteiger charge is -2.39. The van der Waals surface area contributed by atoms with Crippen molar-refractivity contribution in [2.45, 2.75) is 38.5 Å². The van der Waals surface area contributed by atoms with Gasteiger partial charge in [-0.1, -0.05) is 25.1 Å². The van der Waals surface area contributed by atoms with Crippen LogP contribution in [0.2, 0.25) is 0 Å². The molecule has 0 aliphatic carbocycles. The van der Waals surface area contributed by atoms with Crippen LogP contribution in [0.1, 0.15) is 44.1 Å². The molecule has 0 saturated carbocycles. The minimum absolute atomic E-state index is 0. The molecule has 1 aromatic carbocycles. The minimum atomic E-state index is 0. The Morgan fingerprint density at radius 3 is 2.74 bits per heavy atom. The van der Waals surface area contributed by atoms with Crippen LogP contribution < -0.4 is 10.5 Å². The van der Waals surface area contributed by atoms with Crippen molar-refractivity contribution in [2.24, 2.45) is 11.1 Å². The molecular formula is C18H27ClN2O2. The molecule has 0 aromatic heterocycles. The number of halogens is 1. The fraction of sp³-hybridized carbons (Fsp3) is 0.611. The Kier molecular flexibility index (Phi) is 5.93. The van der Waals surface area contributed by atoms with Crippen molar-refractivity contribution in [3.63, 3.8) is 0 Å². The summed E-state index contributed by atoms with van der Waals surface area (Å²) in [5.74, 6) is 1.52. The molecule has 1 saturated heterocycles. The Morgan fingerprint density at radius 1 is 1.35 bits per heavy atom. The number of likely N-dealkylation sites (tertiary alicyclic amines) is 1. The lowest BCUT2D eigenvalue weighted by Crippen LogP contribution is -2.45. The lowest BCUT2D eigenvalue weighted by molar-refractivity contribution is -0.133. The van der Waals surface area contributed by atoms with Crippen LogP contribution in [0.4, 0.5) is 0 Å². The molecule has 1 amide bonds. The minimum Gasteiger partial charge on any atom is -0.493 e. The molecule has 4 nitrogen and oxygen atoms in total. The van der Waals surface area contributed by atoms with Gasteiger partial charge in [-0.25, -0.2) is 0 Å². The molecule has 1 aromatic rings. The first-order chi connectivity index (χ1) is 10.6. The number of amides is 1. The van der Waals surface area contributed by atoms with Gasteiger partial charge in [0.15, 0.2) is 0 Å². The van der Waals surface area contributed by atoms with Gasteiger partial charge in [-0.3, -0.25) is 4.79 Å². The maximum absolute atomic E-state index is 12.6. The van der Waals surface area contributed by atoms with Gasteiger partial charge in [0.2, 0.25) is 5.91 Å². The van der Waals surface area contributed by atoms with Gasteiger partial charge in [0.05, 0.1) is 6.61 Å². The zero-order valence-electron chi connectivity index (χ0n) is 13.8. The van der Waals surface area contributed by atoms with Crippen LogP contribution in [-0.4, -0.2) is 37.0 Å². The maximum Gasteiger partial charge on any atom is 0.223 e. The van der Waals surface area contributed by atoms with E-state index in [9.17, 15) is 4.79 Å². The van der Waals surface area contributed by atoms with E-state index in [1.54, 1.807) is 0 Å². The maximum atomic E-state index is 12.6. The molecule has 5 heteroatoms. The average Bonchev–Trinajstić information content (AvgIpc) is 2.56. The quantitative estimate of drug-likeness (QED) is 0.921. The fourth-order valence-corrected chi connectivity index (χ4v) is 3.47. The van der Waals surface area contributed by atoms with E-state index in [2.05, 4.69) is 13.0 Å². The number of nitrogens with two attached hydrogens (primary N) is 1. The van der Waals surface area contributed by atoms with E-state index in [-0.39, 0.29) is 23.7 Å². The van der Waals surface area contributed by atoms with Crippen molar-refractivity contribution in [3.8, 4) is 5.75 Å². The van der Waals surface area contributed by atoms with E-state index in [4.69, 9.17) is 10.5 Å². The first kappa shape index (κ1) is 18.1. The summed E-state index contributed by atoms with van der Waals surface area (Å²) in [5.41, 5.74) is 7.24. The van der Waals surface area contributed by atoms with Gasteiger partial charge in [-0.05, 0) is 48.8 Å². The van der Waals surface area contributed by atoms with Crippen LogP contribution in [0.5, 0.6) is 5.75 Å². The Morgan fingerprint density at radius 2 is 2.04 bits per heavy atom. The first-order valence-electron chi connectivity index (χ1n) is 8.31. The number of fused-ring (bicyclic) bond motifs is 1.